The number of nitrogen functional groups attached to an aromatic ring is 1. The summed E-state index contributed by atoms with van der Waals surface area (Å²) in [4.78, 5) is 36.2. The van der Waals surface area contributed by atoms with E-state index >= 15 is 0 Å². The highest BCUT2D eigenvalue weighted by molar-refractivity contribution is 6.23. The van der Waals surface area contributed by atoms with E-state index in [0.29, 0.717) is 5.69 Å². The predicted molar refractivity (Wildman–Crippen MR) is 101 cm³/mol. The van der Waals surface area contributed by atoms with Gasteiger partial charge < -0.3 is 5.73 Å². The zero-order valence-corrected chi connectivity index (χ0v) is 14.3. The molecule has 2 aromatic heterocycles. The summed E-state index contributed by atoms with van der Waals surface area (Å²) in [6.07, 6.45) is 0. The van der Waals surface area contributed by atoms with Gasteiger partial charge in [0, 0.05) is 6.07 Å². The van der Waals surface area contributed by atoms with Crippen LogP contribution in [0.15, 0.2) is 59.4 Å². The van der Waals surface area contributed by atoms with E-state index in [2.05, 4.69) is 15.6 Å². The van der Waals surface area contributed by atoms with Gasteiger partial charge in [-0.2, -0.15) is 0 Å². The van der Waals surface area contributed by atoms with E-state index in [1.807, 2.05) is 24.3 Å². The molecule has 28 heavy (non-hydrogen) atoms. The van der Waals surface area contributed by atoms with Crippen LogP contribution in [-0.2, 0) is 0 Å². The second-order valence-electron chi connectivity index (χ2n) is 6.28. The molecule has 3 N–H and O–H groups in total. The number of nitrogens with two attached hydrogens (primary N) is 1. The molecule has 2 amide bonds. The van der Waals surface area contributed by atoms with Crippen LogP contribution < -0.4 is 16.6 Å². The van der Waals surface area contributed by atoms with E-state index < -0.39 is 17.4 Å². The number of anilines is 1. The first-order chi connectivity index (χ1) is 13.5. The number of hydrogen-bond acceptors (Lipinski definition) is 6. The molecule has 0 saturated carbocycles. The van der Waals surface area contributed by atoms with Gasteiger partial charge in [-0.05, 0) is 36.4 Å². The highest BCUT2D eigenvalue weighted by Gasteiger charge is 2.31. The smallest absolute Gasteiger partial charge is 0.262 e. The van der Waals surface area contributed by atoms with Crippen LogP contribution in [0.5, 0.6) is 0 Å². The number of pyridine rings is 1. The molecule has 0 saturated heterocycles. The van der Waals surface area contributed by atoms with Crippen molar-refractivity contribution < 1.29 is 9.59 Å². The predicted octanol–water partition coefficient (Wildman–Crippen LogP) is 1.04. The fraction of sp³-hybridized carbons (Fsp3) is 0. The largest absolute Gasteiger partial charge is 0.384 e. The minimum absolute atomic E-state index is 0.00513. The standard InChI is InChI=1S/C19H12N6O3/c20-17-16-12(18(27)21-19(16)28)9-15(26)24(17)10-5-7-11(8-6-10)25-14-4-2-1-3-13(14)22-23-25/h1-9H,20H2,(H,21,27,28). The quantitative estimate of drug-likeness (QED) is 0.507. The molecule has 1 aliphatic rings. The molecule has 0 bridgehead atoms. The third-order valence-electron chi connectivity index (χ3n) is 4.66. The summed E-state index contributed by atoms with van der Waals surface area (Å²) in [5.41, 5.74) is 8.38. The number of imide groups is 1. The molecular weight excluding hydrogens is 360 g/mol. The number of para-hydroxylation sites is 1. The Hall–Kier alpha value is -4.27. The molecule has 2 aromatic carbocycles. The van der Waals surface area contributed by atoms with Gasteiger partial charge in [0.25, 0.3) is 17.4 Å². The van der Waals surface area contributed by atoms with Crippen molar-refractivity contribution in [2.24, 2.45) is 0 Å². The summed E-state index contributed by atoms with van der Waals surface area (Å²) in [7, 11) is 0. The van der Waals surface area contributed by atoms with Crippen LogP contribution in [-0.4, -0.2) is 31.4 Å². The van der Waals surface area contributed by atoms with Crippen LogP contribution in [0.3, 0.4) is 0 Å². The van der Waals surface area contributed by atoms with E-state index in [4.69, 9.17) is 5.73 Å². The molecule has 0 unspecified atom stereocenters. The van der Waals surface area contributed by atoms with Crippen LogP contribution in [0.4, 0.5) is 5.82 Å². The lowest BCUT2D eigenvalue weighted by atomic mass is 10.1. The first-order valence-corrected chi connectivity index (χ1v) is 8.37. The first kappa shape index (κ1) is 15.9. The first-order valence-electron chi connectivity index (χ1n) is 8.37. The molecule has 0 spiro atoms. The van der Waals surface area contributed by atoms with Gasteiger partial charge in [-0.25, -0.2) is 4.68 Å². The number of carbonyl (C=O) groups excluding carboxylic acids is 2. The Morgan fingerprint density at radius 1 is 0.893 bits per heavy atom. The van der Waals surface area contributed by atoms with Gasteiger partial charge in [0.1, 0.15) is 11.3 Å². The average Bonchev–Trinajstić information content (AvgIpc) is 3.23. The minimum atomic E-state index is -0.621. The number of nitrogens with one attached hydrogen (secondary N) is 1. The Bertz CT molecular complexity index is 1350. The minimum Gasteiger partial charge on any atom is -0.384 e. The van der Waals surface area contributed by atoms with Crippen LogP contribution in [0.1, 0.15) is 20.7 Å². The Morgan fingerprint density at radius 2 is 1.61 bits per heavy atom. The molecule has 5 rings (SSSR count). The normalized spacial score (nSPS) is 13.0. The Kier molecular flexibility index (Phi) is 3.20. The van der Waals surface area contributed by atoms with Crippen molar-refractivity contribution in [2.75, 3.05) is 5.73 Å². The topological polar surface area (TPSA) is 125 Å². The van der Waals surface area contributed by atoms with E-state index in [-0.39, 0.29) is 16.9 Å². The van der Waals surface area contributed by atoms with Gasteiger partial charge in [-0.3, -0.25) is 24.3 Å². The van der Waals surface area contributed by atoms with Crippen molar-refractivity contribution in [1.29, 1.82) is 0 Å². The zero-order chi connectivity index (χ0) is 19.4. The second kappa shape index (κ2) is 5.61. The Morgan fingerprint density at radius 3 is 2.39 bits per heavy atom. The summed E-state index contributed by atoms with van der Waals surface area (Å²) in [5, 5.41) is 10.4. The number of hydrogen-bond donors (Lipinski definition) is 2. The maximum atomic E-state index is 12.5. The fourth-order valence-electron chi connectivity index (χ4n) is 3.35. The Balaban J connectivity index is 1.63. The lowest BCUT2D eigenvalue weighted by Gasteiger charge is -2.12. The number of fused-ring (bicyclic) bond motifs is 2. The molecule has 0 aliphatic carbocycles. The fourth-order valence-corrected chi connectivity index (χ4v) is 3.35. The maximum absolute atomic E-state index is 12.5. The summed E-state index contributed by atoms with van der Waals surface area (Å²) in [5.74, 6) is -1.31. The highest BCUT2D eigenvalue weighted by Crippen LogP contribution is 2.24. The van der Waals surface area contributed by atoms with Crippen molar-refractivity contribution in [3.8, 4) is 11.4 Å². The van der Waals surface area contributed by atoms with Crippen molar-refractivity contribution >= 4 is 28.7 Å². The van der Waals surface area contributed by atoms with Gasteiger partial charge >= 0.3 is 0 Å². The highest BCUT2D eigenvalue weighted by atomic mass is 16.2. The number of carbonyl (C=O) groups is 2. The molecule has 136 valence electrons. The monoisotopic (exact) mass is 372 g/mol. The number of benzene rings is 2. The van der Waals surface area contributed by atoms with Gasteiger partial charge in [0.05, 0.1) is 28.0 Å². The van der Waals surface area contributed by atoms with Crippen molar-refractivity contribution in [3.05, 3.63) is 76.1 Å². The third-order valence-corrected chi connectivity index (χ3v) is 4.66. The molecule has 0 atom stereocenters. The van der Waals surface area contributed by atoms with Crippen molar-refractivity contribution in [3.63, 3.8) is 0 Å². The third kappa shape index (κ3) is 2.16. The van der Waals surface area contributed by atoms with Crippen molar-refractivity contribution in [2.45, 2.75) is 0 Å². The van der Waals surface area contributed by atoms with Crippen LogP contribution in [0.2, 0.25) is 0 Å². The molecule has 4 aromatic rings. The van der Waals surface area contributed by atoms with Gasteiger partial charge in [-0.1, -0.05) is 17.3 Å². The number of aromatic nitrogens is 4. The van der Waals surface area contributed by atoms with Gasteiger partial charge in [0.15, 0.2) is 0 Å². The van der Waals surface area contributed by atoms with Gasteiger partial charge in [-0.15, -0.1) is 5.10 Å². The van der Waals surface area contributed by atoms with Crippen LogP contribution in [0, 0.1) is 0 Å². The molecule has 0 radical (unpaired) electrons. The summed E-state index contributed by atoms with van der Waals surface area (Å²) in [6.45, 7) is 0. The molecule has 1 aliphatic heterocycles. The lowest BCUT2D eigenvalue weighted by molar-refractivity contribution is 0.0880. The number of nitrogens with zero attached hydrogens (tertiary/aromatic N) is 4. The van der Waals surface area contributed by atoms with E-state index in [1.54, 1.807) is 28.9 Å². The summed E-state index contributed by atoms with van der Waals surface area (Å²) in [6, 6.07) is 15.6. The number of rotatable bonds is 2. The van der Waals surface area contributed by atoms with Gasteiger partial charge in [0.2, 0.25) is 0 Å². The Labute approximate surface area is 157 Å². The van der Waals surface area contributed by atoms with Crippen LogP contribution >= 0.6 is 0 Å². The van der Waals surface area contributed by atoms with E-state index in [9.17, 15) is 14.4 Å². The molecular formula is C19H12N6O3. The summed E-state index contributed by atoms with van der Waals surface area (Å²) < 4.78 is 2.88. The maximum Gasteiger partial charge on any atom is 0.262 e. The van der Waals surface area contributed by atoms with Crippen molar-refractivity contribution in [1.82, 2.24) is 24.9 Å². The van der Waals surface area contributed by atoms with Crippen LogP contribution in [0.25, 0.3) is 22.4 Å². The summed E-state index contributed by atoms with van der Waals surface area (Å²) >= 11 is 0. The average molecular weight is 372 g/mol. The second-order valence-corrected chi connectivity index (χ2v) is 6.28. The van der Waals surface area contributed by atoms with E-state index in [1.165, 1.54) is 4.57 Å². The molecule has 0 fully saturated rings. The molecule has 9 nitrogen and oxygen atoms in total. The SMILES string of the molecule is Nc1c2c(cc(=O)n1-c1ccc(-n3nnc4ccccc43)cc1)C(=O)NC2=O. The molecule has 9 heteroatoms. The molecule has 3 heterocycles. The zero-order valence-electron chi connectivity index (χ0n) is 14.3. The van der Waals surface area contributed by atoms with E-state index in [0.717, 1.165) is 22.8 Å². The number of amides is 2. The lowest BCUT2D eigenvalue weighted by Crippen LogP contribution is -2.24.